The summed E-state index contributed by atoms with van der Waals surface area (Å²) in [6.45, 7) is 2.51. The third-order valence-electron chi connectivity index (χ3n) is 3.72. The molecule has 8 heteroatoms. The van der Waals surface area contributed by atoms with Crippen LogP contribution in [0.25, 0.3) is 0 Å². The van der Waals surface area contributed by atoms with E-state index in [-0.39, 0.29) is 5.91 Å². The number of nitrogens with zero attached hydrogens (tertiary/aromatic N) is 4. The summed E-state index contributed by atoms with van der Waals surface area (Å²) in [6.07, 6.45) is 5.72. The van der Waals surface area contributed by atoms with Crippen LogP contribution in [0.4, 0.5) is 5.82 Å². The van der Waals surface area contributed by atoms with E-state index in [1.165, 1.54) is 0 Å². The number of carbonyl (C=O) groups is 1. The number of carbonyl (C=O) groups excluding carboxylic acids is 1. The van der Waals surface area contributed by atoms with Crippen molar-refractivity contribution >= 4 is 39.3 Å². The third kappa shape index (κ3) is 4.29. The second-order valence-corrected chi connectivity index (χ2v) is 6.88. The molecule has 0 aliphatic rings. The molecule has 2 aromatic heterocycles. The Morgan fingerprint density at radius 3 is 2.72 bits per heavy atom. The van der Waals surface area contributed by atoms with Crippen LogP contribution < -0.4 is 5.32 Å². The highest BCUT2D eigenvalue weighted by molar-refractivity contribution is 9.10. The molecule has 0 bridgehead atoms. The van der Waals surface area contributed by atoms with Crippen LogP contribution in [0.3, 0.4) is 0 Å². The van der Waals surface area contributed by atoms with E-state index in [1.807, 2.05) is 37.3 Å². The molecule has 0 saturated carbocycles. The second-order valence-electron chi connectivity index (χ2n) is 5.56. The quantitative estimate of drug-likeness (QED) is 0.649. The average Bonchev–Trinajstić information content (AvgIpc) is 3.15. The molecule has 0 aliphatic heterocycles. The molecule has 130 valence electrons. The minimum absolute atomic E-state index is 0.204. The zero-order valence-electron chi connectivity index (χ0n) is 13.6. The Morgan fingerprint density at radius 1 is 1.32 bits per heavy atom. The summed E-state index contributed by atoms with van der Waals surface area (Å²) in [5, 5.41) is 11.8. The maximum absolute atomic E-state index is 12.6. The lowest BCUT2D eigenvalue weighted by molar-refractivity contribution is -0.119. The first-order chi connectivity index (χ1) is 12.1. The minimum atomic E-state index is -0.429. The Labute approximate surface area is 158 Å². The van der Waals surface area contributed by atoms with Gasteiger partial charge >= 0.3 is 0 Å². The van der Waals surface area contributed by atoms with E-state index < -0.39 is 6.04 Å². The van der Waals surface area contributed by atoms with Crippen molar-refractivity contribution in [1.82, 2.24) is 19.6 Å². The fourth-order valence-electron chi connectivity index (χ4n) is 2.51. The molecule has 1 aromatic carbocycles. The van der Waals surface area contributed by atoms with E-state index in [4.69, 9.17) is 11.6 Å². The van der Waals surface area contributed by atoms with Crippen LogP contribution in [0.1, 0.15) is 24.9 Å². The summed E-state index contributed by atoms with van der Waals surface area (Å²) in [4.78, 5) is 12.6. The van der Waals surface area contributed by atoms with Crippen LogP contribution in [-0.4, -0.2) is 25.5 Å². The van der Waals surface area contributed by atoms with Crippen molar-refractivity contribution in [2.75, 3.05) is 5.32 Å². The molecule has 0 fully saturated rings. The Kier molecular flexibility index (Phi) is 5.55. The van der Waals surface area contributed by atoms with Crippen molar-refractivity contribution < 1.29 is 4.79 Å². The van der Waals surface area contributed by atoms with E-state index in [0.717, 1.165) is 10.0 Å². The first-order valence-corrected chi connectivity index (χ1v) is 9.01. The first-order valence-electron chi connectivity index (χ1n) is 7.84. The standard InChI is InChI=1S/C17H17BrClN5O/c1-2-15(24-10-13(18)8-20-24)17(25)21-16-14(19)11-23(22-16)9-12-6-4-3-5-7-12/h3-8,10-11,15H,2,9H2,1H3,(H,21,22,25). The van der Waals surface area contributed by atoms with Crippen molar-refractivity contribution in [2.45, 2.75) is 25.9 Å². The molecule has 1 unspecified atom stereocenters. The fourth-order valence-corrected chi connectivity index (χ4v) is 3.01. The largest absolute Gasteiger partial charge is 0.306 e. The van der Waals surface area contributed by atoms with Gasteiger partial charge in [-0.2, -0.15) is 10.2 Å². The van der Waals surface area contributed by atoms with Gasteiger partial charge in [0.05, 0.1) is 17.2 Å². The van der Waals surface area contributed by atoms with Gasteiger partial charge in [-0.3, -0.25) is 14.2 Å². The van der Waals surface area contributed by atoms with Crippen molar-refractivity contribution in [3.63, 3.8) is 0 Å². The molecule has 0 aliphatic carbocycles. The lowest BCUT2D eigenvalue weighted by Crippen LogP contribution is -2.26. The number of aromatic nitrogens is 4. The predicted molar refractivity (Wildman–Crippen MR) is 101 cm³/mol. The van der Waals surface area contributed by atoms with Crippen LogP contribution in [0.5, 0.6) is 0 Å². The molecule has 1 atom stereocenters. The smallest absolute Gasteiger partial charge is 0.250 e. The number of benzene rings is 1. The molecule has 6 nitrogen and oxygen atoms in total. The van der Waals surface area contributed by atoms with Crippen molar-refractivity contribution in [3.8, 4) is 0 Å². The van der Waals surface area contributed by atoms with Gasteiger partial charge in [0.15, 0.2) is 5.82 Å². The number of halogens is 2. The Morgan fingerprint density at radius 2 is 2.08 bits per heavy atom. The summed E-state index contributed by atoms with van der Waals surface area (Å²) in [5.41, 5.74) is 1.10. The maximum atomic E-state index is 12.6. The van der Waals surface area contributed by atoms with Crippen LogP contribution in [0, 0.1) is 0 Å². The van der Waals surface area contributed by atoms with Gasteiger partial charge < -0.3 is 5.32 Å². The summed E-state index contributed by atoms with van der Waals surface area (Å²) in [6, 6.07) is 9.49. The maximum Gasteiger partial charge on any atom is 0.250 e. The predicted octanol–water partition coefficient (Wildman–Crippen LogP) is 4.13. The van der Waals surface area contributed by atoms with E-state index in [0.29, 0.717) is 23.8 Å². The summed E-state index contributed by atoms with van der Waals surface area (Å²) < 4.78 is 4.15. The molecule has 0 radical (unpaired) electrons. The van der Waals surface area contributed by atoms with Gasteiger partial charge in [0.2, 0.25) is 5.91 Å². The highest BCUT2D eigenvalue weighted by Crippen LogP contribution is 2.22. The lowest BCUT2D eigenvalue weighted by Gasteiger charge is -2.14. The summed E-state index contributed by atoms with van der Waals surface area (Å²) in [5.74, 6) is 0.150. The zero-order chi connectivity index (χ0) is 17.8. The Bertz CT molecular complexity index is 861. The molecule has 2 heterocycles. The average molecular weight is 423 g/mol. The van der Waals surface area contributed by atoms with Gasteiger partial charge in [0.1, 0.15) is 11.1 Å². The lowest BCUT2D eigenvalue weighted by atomic mass is 10.2. The van der Waals surface area contributed by atoms with Crippen LogP contribution >= 0.6 is 27.5 Å². The monoisotopic (exact) mass is 421 g/mol. The number of amides is 1. The van der Waals surface area contributed by atoms with Crippen molar-refractivity contribution in [3.05, 3.63) is 64.0 Å². The molecule has 25 heavy (non-hydrogen) atoms. The van der Waals surface area contributed by atoms with E-state index in [9.17, 15) is 4.79 Å². The molecule has 1 N–H and O–H groups in total. The zero-order valence-corrected chi connectivity index (χ0v) is 15.9. The highest BCUT2D eigenvalue weighted by Gasteiger charge is 2.21. The number of hydrogen-bond donors (Lipinski definition) is 1. The first kappa shape index (κ1) is 17.7. The molecular weight excluding hydrogens is 406 g/mol. The normalized spacial score (nSPS) is 12.1. The highest BCUT2D eigenvalue weighted by atomic mass is 79.9. The minimum Gasteiger partial charge on any atom is -0.306 e. The number of anilines is 1. The molecule has 1 amide bonds. The summed E-state index contributed by atoms with van der Waals surface area (Å²) in [7, 11) is 0. The number of nitrogens with one attached hydrogen (secondary N) is 1. The van der Waals surface area contributed by atoms with Gasteiger partial charge in [0, 0.05) is 12.4 Å². The van der Waals surface area contributed by atoms with Crippen molar-refractivity contribution in [2.24, 2.45) is 0 Å². The van der Waals surface area contributed by atoms with Crippen LogP contribution in [0.15, 0.2) is 53.4 Å². The molecule has 3 aromatic rings. The molecular formula is C17H17BrClN5O. The van der Waals surface area contributed by atoms with Crippen LogP contribution in [-0.2, 0) is 11.3 Å². The third-order valence-corrected chi connectivity index (χ3v) is 4.41. The van der Waals surface area contributed by atoms with Gasteiger partial charge in [-0.15, -0.1) is 0 Å². The number of hydrogen-bond acceptors (Lipinski definition) is 3. The summed E-state index contributed by atoms with van der Waals surface area (Å²) >= 11 is 9.57. The van der Waals surface area contributed by atoms with E-state index in [1.54, 1.807) is 28.0 Å². The topological polar surface area (TPSA) is 64.7 Å². The molecule has 0 saturated heterocycles. The fraction of sp³-hybridized carbons (Fsp3) is 0.235. The SMILES string of the molecule is CCC(C(=O)Nc1nn(Cc2ccccc2)cc1Cl)n1cc(Br)cn1. The van der Waals surface area contributed by atoms with Gasteiger partial charge in [-0.1, -0.05) is 48.9 Å². The van der Waals surface area contributed by atoms with Crippen molar-refractivity contribution in [1.29, 1.82) is 0 Å². The van der Waals surface area contributed by atoms with Gasteiger partial charge in [-0.05, 0) is 27.9 Å². The van der Waals surface area contributed by atoms with E-state index >= 15 is 0 Å². The second kappa shape index (κ2) is 7.84. The van der Waals surface area contributed by atoms with Crippen LogP contribution in [0.2, 0.25) is 5.02 Å². The molecule has 3 rings (SSSR count). The number of rotatable bonds is 6. The van der Waals surface area contributed by atoms with Gasteiger partial charge in [0.25, 0.3) is 0 Å². The Balaban J connectivity index is 1.72. The van der Waals surface area contributed by atoms with E-state index in [2.05, 4.69) is 31.4 Å². The van der Waals surface area contributed by atoms with Gasteiger partial charge in [-0.25, -0.2) is 0 Å². The molecule has 0 spiro atoms. The Hall–Kier alpha value is -2.12.